The summed E-state index contributed by atoms with van der Waals surface area (Å²) in [6.45, 7) is 3.11. The van der Waals surface area contributed by atoms with E-state index in [0.717, 1.165) is 4.88 Å². The van der Waals surface area contributed by atoms with E-state index >= 15 is 0 Å². The molecule has 20 heavy (non-hydrogen) atoms. The number of hydrogen-bond acceptors (Lipinski definition) is 5. The van der Waals surface area contributed by atoms with Crippen LogP contribution in [0.25, 0.3) is 0 Å². The lowest BCUT2D eigenvalue weighted by Gasteiger charge is -2.18. The highest BCUT2D eigenvalue weighted by Gasteiger charge is 2.26. The van der Waals surface area contributed by atoms with Crippen LogP contribution >= 0.6 is 11.3 Å². The predicted octanol–water partition coefficient (Wildman–Crippen LogP) is 2.27. The molecule has 0 spiro atoms. The van der Waals surface area contributed by atoms with Gasteiger partial charge in [0.25, 0.3) is 10.0 Å². The number of rotatable bonds is 7. The van der Waals surface area contributed by atoms with Gasteiger partial charge in [-0.15, -0.1) is 11.3 Å². The highest BCUT2D eigenvalue weighted by atomic mass is 32.2. The second-order valence-corrected chi connectivity index (χ2v) is 7.16. The van der Waals surface area contributed by atoms with Gasteiger partial charge in [-0.3, -0.25) is 0 Å². The average molecular weight is 314 g/mol. The molecule has 1 N–H and O–H groups in total. The Hall–Kier alpha value is -1.15. The van der Waals surface area contributed by atoms with Gasteiger partial charge in [-0.1, -0.05) is 13.0 Å². The predicted molar refractivity (Wildman–Crippen MR) is 79.1 cm³/mol. The minimum atomic E-state index is -3.58. The quantitative estimate of drug-likeness (QED) is 0.851. The van der Waals surface area contributed by atoms with Crippen molar-refractivity contribution in [3.8, 4) is 0 Å². The van der Waals surface area contributed by atoms with E-state index in [1.54, 1.807) is 24.5 Å². The Labute approximate surface area is 123 Å². The summed E-state index contributed by atoms with van der Waals surface area (Å²) in [4.78, 5) is 1.01. The largest absolute Gasteiger partial charge is 0.447 e. The molecule has 0 saturated carbocycles. The molecular weight excluding hydrogens is 296 g/mol. The van der Waals surface area contributed by atoms with Crippen LogP contribution < -0.4 is 5.32 Å². The number of nitrogens with one attached hydrogen (secondary N) is 1. The molecule has 0 aliphatic carbocycles. The van der Waals surface area contributed by atoms with Gasteiger partial charge in [-0.2, -0.15) is 4.31 Å². The lowest BCUT2D eigenvalue weighted by Crippen LogP contribution is -2.29. The lowest BCUT2D eigenvalue weighted by atomic mass is 10.4. The van der Waals surface area contributed by atoms with E-state index in [2.05, 4.69) is 5.32 Å². The molecule has 2 rings (SSSR count). The summed E-state index contributed by atoms with van der Waals surface area (Å²) in [6.07, 6.45) is 0. The number of furan rings is 1. The zero-order chi connectivity index (χ0) is 14.6. The van der Waals surface area contributed by atoms with Crippen LogP contribution in [0.4, 0.5) is 0 Å². The van der Waals surface area contributed by atoms with Gasteiger partial charge in [0, 0.05) is 18.0 Å². The maximum atomic E-state index is 12.5. The Kier molecular flexibility index (Phi) is 4.98. The van der Waals surface area contributed by atoms with E-state index in [1.165, 1.54) is 10.4 Å². The molecule has 0 saturated heterocycles. The van der Waals surface area contributed by atoms with Crippen LogP contribution in [0.3, 0.4) is 0 Å². The summed E-state index contributed by atoms with van der Waals surface area (Å²) in [5.41, 5.74) is 0. The van der Waals surface area contributed by atoms with Crippen LogP contribution in [0.15, 0.2) is 39.2 Å². The SMILES string of the molecule is CCN(Cc1cccs1)S(=O)(=O)c1ccc(CNC)o1. The molecule has 0 aliphatic heterocycles. The molecule has 0 radical (unpaired) electrons. The van der Waals surface area contributed by atoms with Crippen molar-refractivity contribution >= 4 is 21.4 Å². The zero-order valence-electron chi connectivity index (χ0n) is 11.5. The van der Waals surface area contributed by atoms with Gasteiger partial charge >= 0.3 is 0 Å². The van der Waals surface area contributed by atoms with Gasteiger partial charge in [-0.05, 0) is 30.6 Å². The van der Waals surface area contributed by atoms with Crippen LogP contribution in [-0.2, 0) is 23.1 Å². The van der Waals surface area contributed by atoms with Crippen LogP contribution in [-0.4, -0.2) is 26.3 Å². The second kappa shape index (κ2) is 6.53. The topological polar surface area (TPSA) is 62.6 Å². The van der Waals surface area contributed by atoms with Gasteiger partial charge in [0.2, 0.25) is 5.09 Å². The van der Waals surface area contributed by atoms with E-state index in [1.807, 2.05) is 24.4 Å². The van der Waals surface area contributed by atoms with Crippen molar-refractivity contribution in [1.82, 2.24) is 9.62 Å². The maximum Gasteiger partial charge on any atom is 0.276 e. The second-order valence-electron chi connectivity index (χ2n) is 4.26. The van der Waals surface area contributed by atoms with Gasteiger partial charge in [0.15, 0.2) is 0 Å². The fraction of sp³-hybridized carbons (Fsp3) is 0.385. The number of thiophene rings is 1. The van der Waals surface area contributed by atoms with Crippen LogP contribution in [0.1, 0.15) is 17.6 Å². The molecule has 0 fully saturated rings. The number of sulfonamides is 1. The first kappa shape index (κ1) is 15.2. The van der Waals surface area contributed by atoms with Crippen molar-refractivity contribution in [2.75, 3.05) is 13.6 Å². The van der Waals surface area contributed by atoms with Crippen molar-refractivity contribution in [2.45, 2.75) is 25.1 Å². The summed E-state index contributed by atoms with van der Waals surface area (Å²) in [5.74, 6) is 0.609. The maximum absolute atomic E-state index is 12.5. The van der Waals surface area contributed by atoms with E-state index in [0.29, 0.717) is 25.4 Å². The molecule has 0 amide bonds. The highest BCUT2D eigenvalue weighted by Crippen LogP contribution is 2.22. The van der Waals surface area contributed by atoms with Gasteiger partial charge < -0.3 is 9.73 Å². The normalized spacial score (nSPS) is 12.2. The molecule has 2 aromatic rings. The minimum absolute atomic E-state index is 0.00107. The van der Waals surface area contributed by atoms with Crippen molar-refractivity contribution in [3.05, 3.63) is 40.3 Å². The molecule has 2 heterocycles. The Balaban J connectivity index is 2.21. The van der Waals surface area contributed by atoms with Crippen molar-refractivity contribution in [1.29, 1.82) is 0 Å². The summed E-state index contributed by atoms with van der Waals surface area (Å²) >= 11 is 1.54. The Morgan fingerprint density at radius 3 is 2.75 bits per heavy atom. The molecule has 0 aromatic carbocycles. The Bertz CT molecular complexity index is 632. The van der Waals surface area contributed by atoms with E-state index in [4.69, 9.17) is 4.42 Å². The third kappa shape index (κ3) is 3.29. The van der Waals surface area contributed by atoms with E-state index < -0.39 is 10.0 Å². The standard InChI is InChI=1S/C13H18N2O3S2/c1-3-15(10-12-5-4-8-19-12)20(16,17)13-7-6-11(18-13)9-14-2/h4-8,14H,3,9-10H2,1-2H3. The summed E-state index contributed by atoms with van der Waals surface area (Å²) in [5, 5.41) is 4.87. The van der Waals surface area contributed by atoms with E-state index in [9.17, 15) is 8.42 Å². The highest BCUT2D eigenvalue weighted by molar-refractivity contribution is 7.89. The van der Waals surface area contributed by atoms with Crippen molar-refractivity contribution < 1.29 is 12.8 Å². The molecule has 110 valence electrons. The van der Waals surface area contributed by atoms with E-state index in [-0.39, 0.29) is 5.09 Å². The molecule has 0 atom stereocenters. The van der Waals surface area contributed by atoms with Crippen molar-refractivity contribution in [2.24, 2.45) is 0 Å². The molecule has 0 aliphatic rings. The summed E-state index contributed by atoms with van der Waals surface area (Å²) < 4.78 is 31.9. The van der Waals surface area contributed by atoms with Crippen LogP contribution in [0.2, 0.25) is 0 Å². The van der Waals surface area contributed by atoms with Crippen LogP contribution in [0, 0.1) is 0 Å². The first-order valence-electron chi connectivity index (χ1n) is 6.33. The smallest absolute Gasteiger partial charge is 0.276 e. The van der Waals surface area contributed by atoms with Gasteiger partial charge in [-0.25, -0.2) is 8.42 Å². The number of hydrogen-bond donors (Lipinski definition) is 1. The zero-order valence-corrected chi connectivity index (χ0v) is 13.1. The molecule has 5 nitrogen and oxygen atoms in total. The molecular formula is C13H18N2O3S2. The molecule has 2 aromatic heterocycles. The van der Waals surface area contributed by atoms with Crippen LogP contribution in [0.5, 0.6) is 0 Å². The van der Waals surface area contributed by atoms with Crippen molar-refractivity contribution in [3.63, 3.8) is 0 Å². The number of nitrogens with zero attached hydrogens (tertiary/aromatic N) is 1. The molecule has 7 heteroatoms. The third-order valence-corrected chi connectivity index (χ3v) is 5.50. The summed E-state index contributed by atoms with van der Waals surface area (Å²) in [7, 11) is -1.80. The first-order valence-corrected chi connectivity index (χ1v) is 8.65. The minimum Gasteiger partial charge on any atom is -0.447 e. The molecule has 0 unspecified atom stereocenters. The first-order chi connectivity index (χ1) is 9.57. The average Bonchev–Trinajstić information content (AvgIpc) is 3.07. The Morgan fingerprint density at radius 2 is 2.15 bits per heavy atom. The van der Waals surface area contributed by atoms with Gasteiger partial charge in [0.1, 0.15) is 5.76 Å². The monoisotopic (exact) mass is 314 g/mol. The Morgan fingerprint density at radius 1 is 1.35 bits per heavy atom. The lowest BCUT2D eigenvalue weighted by molar-refractivity contribution is 0.369. The summed E-state index contributed by atoms with van der Waals surface area (Å²) in [6, 6.07) is 7.04. The molecule has 0 bridgehead atoms. The third-order valence-electron chi connectivity index (χ3n) is 2.85. The van der Waals surface area contributed by atoms with Gasteiger partial charge in [0.05, 0.1) is 6.54 Å². The fourth-order valence-electron chi connectivity index (χ4n) is 1.84. The fourth-order valence-corrected chi connectivity index (χ4v) is 3.99.